The minimum atomic E-state index is -0.783. The molecule has 1 N–H and O–H groups in total. The molecule has 1 aliphatic heterocycles. The number of likely N-dealkylation sites (tertiary alicyclic amines) is 1. The Kier molecular flexibility index (Phi) is 3.78. The van der Waals surface area contributed by atoms with Crippen LogP contribution in [-0.2, 0) is 9.59 Å². The first-order valence-corrected chi connectivity index (χ1v) is 6.08. The van der Waals surface area contributed by atoms with Gasteiger partial charge in [0.05, 0.1) is 12.1 Å². The van der Waals surface area contributed by atoms with E-state index in [1.54, 1.807) is 0 Å². The number of nitrogens with one attached hydrogen (secondary N) is 1. The number of imide groups is 1. The summed E-state index contributed by atoms with van der Waals surface area (Å²) in [5.74, 6) is -2.11. The zero-order chi connectivity index (χ0) is 14.0. The maximum atomic E-state index is 13.5. The molecule has 6 heteroatoms. The van der Waals surface area contributed by atoms with Gasteiger partial charge in [0.2, 0.25) is 5.91 Å². The van der Waals surface area contributed by atoms with Crippen LogP contribution in [0, 0.1) is 11.6 Å². The van der Waals surface area contributed by atoms with Crippen molar-refractivity contribution < 1.29 is 18.4 Å². The number of benzene rings is 1. The van der Waals surface area contributed by atoms with Gasteiger partial charge in [-0.15, -0.1) is 0 Å². The van der Waals surface area contributed by atoms with Crippen LogP contribution in [0.1, 0.15) is 19.8 Å². The van der Waals surface area contributed by atoms with Crippen molar-refractivity contribution in [3.05, 3.63) is 29.8 Å². The molecule has 2 amide bonds. The number of hydrogen-bond donors (Lipinski definition) is 1. The van der Waals surface area contributed by atoms with Gasteiger partial charge in [-0.05, 0) is 18.6 Å². The van der Waals surface area contributed by atoms with Crippen molar-refractivity contribution in [2.45, 2.75) is 25.8 Å². The minimum Gasteiger partial charge on any atom is -0.371 e. The van der Waals surface area contributed by atoms with E-state index in [-0.39, 0.29) is 23.9 Å². The molecule has 0 aliphatic carbocycles. The number of amides is 2. The van der Waals surface area contributed by atoms with Crippen LogP contribution in [0.15, 0.2) is 18.2 Å². The molecule has 19 heavy (non-hydrogen) atoms. The quantitative estimate of drug-likeness (QED) is 0.849. The third-order valence-corrected chi connectivity index (χ3v) is 2.95. The van der Waals surface area contributed by atoms with Gasteiger partial charge in [-0.2, -0.15) is 0 Å². The fourth-order valence-electron chi connectivity index (χ4n) is 2.05. The Labute approximate surface area is 109 Å². The second kappa shape index (κ2) is 5.34. The number of nitrogens with zero attached hydrogens (tertiary/aromatic N) is 1. The van der Waals surface area contributed by atoms with Gasteiger partial charge < -0.3 is 5.32 Å². The molecule has 1 atom stereocenters. The second-order valence-electron chi connectivity index (χ2n) is 4.41. The van der Waals surface area contributed by atoms with Crippen molar-refractivity contribution in [1.29, 1.82) is 0 Å². The molecule has 0 bridgehead atoms. The van der Waals surface area contributed by atoms with Gasteiger partial charge in [0, 0.05) is 12.6 Å². The molecule has 0 radical (unpaired) electrons. The lowest BCUT2D eigenvalue weighted by molar-refractivity contribution is -0.138. The fourth-order valence-corrected chi connectivity index (χ4v) is 2.05. The Hall–Kier alpha value is -1.98. The molecule has 2 rings (SSSR count). The summed E-state index contributed by atoms with van der Waals surface area (Å²) >= 11 is 0. The zero-order valence-electron chi connectivity index (χ0n) is 10.5. The Morgan fingerprint density at radius 2 is 2.11 bits per heavy atom. The van der Waals surface area contributed by atoms with Crippen LogP contribution in [-0.4, -0.2) is 29.3 Å². The van der Waals surface area contributed by atoms with Crippen LogP contribution in [0.3, 0.4) is 0 Å². The van der Waals surface area contributed by atoms with Crippen LogP contribution in [0.5, 0.6) is 0 Å². The summed E-state index contributed by atoms with van der Waals surface area (Å²) in [7, 11) is 0. The zero-order valence-corrected chi connectivity index (χ0v) is 10.5. The molecule has 1 aromatic carbocycles. The highest BCUT2D eigenvalue weighted by atomic mass is 19.1. The van der Waals surface area contributed by atoms with E-state index in [2.05, 4.69) is 5.32 Å². The van der Waals surface area contributed by atoms with Crippen LogP contribution < -0.4 is 5.32 Å². The molecule has 0 spiro atoms. The van der Waals surface area contributed by atoms with Crippen LogP contribution in [0.2, 0.25) is 0 Å². The number of carbonyl (C=O) groups is 2. The average molecular weight is 268 g/mol. The van der Waals surface area contributed by atoms with E-state index in [0.29, 0.717) is 13.0 Å². The molecule has 4 nitrogen and oxygen atoms in total. The number of carbonyl (C=O) groups excluding carboxylic acids is 2. The first-order chi connectivity index (χ1) is 9.02. The summed E-state index contributed by atoms with van der Waals surface area (Å²) in [4.78, 5) is 24.7. The number of halogens is 2. The minimum absolute atomic E-state index is 0.00432. The normalized spacial score (nSPS) is 19.1. The van der Waals surface area contributed by atoms with Crippen molar-refractivity contribution in [2.75, 3.05) is 11.9 Å². The lowest BCUT2D eigenvalue weighted by atomic mass is 10.2. The number of hydrogen-bond acceptors (Lipinski definition) is 3. The standard InChI is InChI=1S/C13H14F2N2O2/c1-2-5-17-12(18)7-11(13(17)19)16-10-4-3-8(14)6-9(10)15/h3-4,6,11,16H,2,5,7H2,1H3. The molecule has 1 saturated heterocycles. The van der Waals surface area contributed by atoms with Crippen LogP contribution >= 0.6 is 0 Å². The van der Waals surface area contributed by atoms with Crippen molar-refractivity contribution in [3.63, 3.8) is 0 Å². The summed E-state index contributed by atoms with van der Waals surface area (Å²) in [6.07, 6.45) is 0.671. The van der Waals surface area contributed by atoms with Gasteiger partial charge in [-0.25, -0.2) is 8.78 Å². The molecule has 0 saturated carbocycles. The maximum absolute atomic E-state index is 13.5. The highest BCUT2D eigenvalue weighted by Gasteiger charge is 2.38. The van der Waals surface area contributed by atoms with Gasteiger partial charge in [0.25, 0.3) is 5.91 Å². The summed E-state index contributed by atoms with van der Waals surface area (Å²) < 4.78 is 26.2. The Balaban J connectivity index is 2.12. The third kappa shape index (κ3) is 2.72. The smallest absolute Gasteiger partial charge is 0.252 e. The topological polar surface area (TPSA) is 49.4 Å². The third-order valence-electron chi connectivity index (χ3n) is 2.95. The lowest BCUT2D eigenvalue weighted by Gasteiger charge is -2.15. The Morgan fingerprint density at radius 3 is 2.74 bits per heavy atom. The van der Waals surface area contributed by atoms with E-state index in [1.807, 2.05) is 6.92 Å². The average Bonchev–Trinajstić information content (AvgIpc) is 2.61. The van der Waals surface area contributed by atoms with Gasteiger partial charge in [0.1, 0.15) is 17.7 Å². The predicted octanol–water partition coefficient (Wildman–Crippen LogP) is 1.91. The molecule has 1 aliphatic rings. The van der Waals surface area contributed by atoms with Gasteiger partial charge in [0.15, 0.2) is 0 Å². The highest BCUT2D eigenvalue weighted by Crippen LogP contribution is 2.21. The van der Waals surface area contributed by atoms with Crippen molar-refractivity contribution >= 4 is 17.5 Å². The van der Waals surface area contributed by atoms with E-state index in [9.17, 15) is 18.4 Å². The first-order valence-electron chi connectivity index (χ1n) is 6.08. The van der Waals surface area contributed by atoms with Gasteiger partial charge >= 0.3 is 0 Å². The molecular weight excluding hydrogens is 254 g/mol. The molecule has 1 fully saturated rings. The summed E-state index contributed by atoms with van der Waals surface area (Å²) in [6.45, 7) is 2.22. The molecule has 102 valence electrons. The summed E-state index contributed by atoms with van der Waals surface area (Å²) in [6, 6.07) is 2.26. The predicted molar refractivity (Wildman–Crippen MR) is 65.4 cm³/mol. The fraction of sp³-hybridized carbons (Fsp3) is 0.385. The first kappa shape index (κ1) is 13.5. The largest absolute Gasteiger partial charge is 0.371 e. The van der Waals surface area contributed by atoms with Gasteiger partial charge in [-0.1, -0.05) is 6.92 Å². The monoisotopic (exact) mass is 268 g/mol. The molecule has 0 aromatic heterocycles. The van der Waals surface area contributed by atoms with E-state index in [0.717, 1.165) is 12.1 Å². The summed E-state index contributed by atoms with van der Waals surface area (Å²) in [5.41, 5.74) is 0.0194. The summed E-state index contributed by atoms with van der Waals surface area (Å²) in [5, 5.41) is 2.65. The maximum Gasteiger partial charge on any atom is 0.252 e. The Morgan fingerprint density at radius 1 is 1.37 bits per heavy atom. The molecule has 1 heterocycles. The van der Waals surface area contributed by atoms with Crippen molar-refractivity contribution in [3.8, 4) is 0 Å². The van der Waals surface area contributed by atoms with E-state index >= 15 is 0 Å². The van der Waals surface area contributed by atoms with E-state index in [4.69, 9.17) is 0 Å². The van der Waals surface area contributed by atoms with Gasteiger partial charge in [-0.3, -0.25) is 14.5 Å². The second-order valence-corrected chi connectivity index (χ2v) is 4.41. The van der Waals surface area contributed by atoms with Crippen molar-refractivity contribution in [2.24, 2.45) is 0 Å². The number of rotatable bonds is 4. The SMILES string of the molecule is CCCN1C(=O)CC(Nc2ccc(F)cc2F)C1=O. The van der Waals surface area contributed by atoms with E-state index in [1.165, 1.54) is 11.0 Å². The molecule has 1 aromatic rings. The molecule has 1 unspecified atom stereocenters. The Bertz CT molecular complexity index is 519. The molecular formula is C13H14F2N2O2. The number of anilines is 1. The highest BCUT2D eigenvalue weighted by molar-refractivity contribution is 6.06. The van der Waals surface area contributed by atoms with Crippen LogP contribution in [0.4, 0.5) is 14.5 Å². The van der Waals surface area contributed by atoms with E-state index < -0.39 is 17.7 Å². The van der Waals surface area contributed by atoms with Crippen LogP contribution in [0.25, 0.3) is 0 Å². The van der Waals surface area contributed by atoms with Crippen molar-refractivity contribution in [1.82, 2.24) is 4.90 Å². The lowest BCUT2D eigenvalue weighted by Crippen LogP contribution is -2.35.